The Bertz CT molecular complexity index is 1560. The number of aromatic amines is 2. The van der Waals surface area contributed by atoms with Crippen LogP contribution in [0.1, 0.15) is 5.69 Å². The van der Waals surface area contributed by atoms with E-state index in [1.807, 2.05) is 23.6 Å². The van der Waals surface area contributed by atoms with Gasteiger partial charge in [0.05, 0.1) is 16.1 Å². The van der Waals surface area contributed by atoms with Crippen LogP contribution in [0.3, 0.4) is 0 Å². The van der Waals surface area contributed by atoms with Gasteiger partial charge in [-0.25, -0.2) is 8.78 Å². The fourth-order valence-corrected chi connectivity index (χ4v) is 4.99. The molecule has 190 valence electrons. The number of piperazine rings is 1. The van der Waals surface area contributed by atoms with Gasteiger partial charge in [-0.3, -0.25) is 5.10 Å². The number of likely N-dealkylation sites (N-methyl/N-ethyl adjacent to an activating group) is 1. The Labute approximate surface area is 215 Å². The normalized spacial score (nSPS) is 14.4. The molecule has 5 heterocycles. The predicted molar refractivity (Wildman–Crippen MR) is 140 cm³/mol. The van der Waals surface area contributed by atoms with Crippen LogP contribution in [0.25, 0.3) is 21.5 Å². The number of nitrogens with one attached hydrogen (secondary N) is 3. The minimum absolute atomic E-state index is 0.0943. The zero-order chi connectivity index (χ0) is 25.5. The number of aryl methyl sites for hydroxylation is 1. The van der Waals surface area contributed by atoms with Crippen molar-refractivity contribution in [2.24, 2.45) is 0 Å². The van der Waals surface area contributed by atoms with E-state index in [1.54, 1.807) is 24.3 Å². The number of benzene rings is 1. The Morgan fingerprint density at radius 2 is 1.89 bits per heavy atom. The Morgan fingerprint density at radius 1 is 1.05 bits per heavy atom. The third-order valence-corrected chi connectivity index (χ3v) is 7.15. The van der Waals surface area contributed by atoms with E-state index in [2.05, 4.69) is 47.3 Å². The van der Waals surface area contributed by atoms with Crippen LogP contribution in [0.15, 0.2) is 41.8 Å². The van der Waals surface area contributed by atoms with E-state index in [-0.39, 0.29) is 22.7 Å². The Balaban J connectivity index is 1.34. The van der Waals surface area contributed by atoms with Crippen LogP contribution in [0.5, 0.6) is 11.8 Å². The lowest BCUT2D eigenvalue weighted by Crippen LogP contribution is -2.44. The quantitative estimate of drug-likeness (QED) is 0.279. The molecule has 0 amide bonds. The summed E-state index contributed by atoms with van der Waals surface area (Å²) < 4.78 is 35.6. The van der Waals surface area contributed by atoms with Gasteiger partial charge >= 0.3 is 6.01 Å². The van der Waals surface area contributed by atoms with Gasteiger partial charge in [-0.15, -0.1) is 11.3 Å². The summed E-state index contributed by atoms with van der Waals surface area (Å²) in [6.45, 7) is 4.99. The largest absolute Gasteiger partial charge is 0.421 e. The molecule has 6 rings (SSSR count). The standard InChI is InChI=1S/C25H24F2N8OS/c1-14-10-15-23(27)18(11-16(26)24(15)28-14)36-25-30-20(13-22(31-25)35-7-5-34(2)6-8-35)29-21-12-17(32-33-21)19-4-3-9-37-19/h3-4,9-13,28H,5-8H2,1-2H3,(H2,29,30,31,32,33). The van der Waals surface area contributed by atoms with Crippen molar-refractivity contribution < 1.29 is 13.5 Å². The average molecular weight is 523 g/mol. The van der Waals surface area contributed by atoms with Crippen molar-refractivity contribution in [3.05, 3.63) is 59.1 Å². The molecule has 5 aromatic rings. The zero-order valence-electron chi connectivity index (χ0n) is 20.2. The van der Waals surface area contributed by atoms with E-state index in [1.165, 1.54) is 6.07 Å². The molecule has 9 nitrogen and oxygen atoms in total. The number of halogens is 2. The predicted octanol–water partition coefficient (Wildman–Crippen LogP) is 5.28. The van der Waals surface area contributed by atoms with Gasteiger partial charge in [-0.1, -0.05) is 6.07 Å². The molecule has 1 fully saturated rings. The molecule has 0 bridgehead atoms. The van der Waals surface area contributed by atoms with E-state index >= 15 is 4.39 Å². The molecule has 0 unspecified atom stereocenters. The van der Waals surface area contributed by atoms with Crippen LogP contribution in [-0.2, 0) is 0 Å². The Hall–Kier alpha value is -4.03. The molecule has 0 atom stereocenters. The summed E-state index contributed by atoms with van der Waals surface area (Å²) in [5, 5.41) is 12.6. The minimum Gasteiger partial charge on any atom is -0.421 e. The Morgan fingerprint density at radius 3 is 2.68 bits per heavy atom. The monoisotopic (exact) mass is 522 g/mol. The number of aromatic nitrogens is 5. The number of ether oxygens (including phenoxy) is 1. The molecule has 1 aromatic carbocycles. The van der Waals surface area contributed by atoms with E-state index in [4.69, 9.17) is 4.74 Å². The van der Waals surface area contributed by atoms with E-state index in [0.29, 0.717) is 23.1 Å². The molecule has 0 spiro atoms. The SMILES string of the molecule is Cc1cc2c(F)c(Oc3nc(Nc4cc(-c5cccs5)[nH]n4)cc(N4CCN(C)CC4)n3)cc(F)c2[nH]1. The maximum atomic E-state index is 15.2. The van der Waals surface area contributed by atoms with Crippen molar-refractivity contribution in [1.82, 2.24) is 30.0 Å². The van der Waals surface area contributed by atoms with E-state index in [0.717, 1.165) is 42.8 Å². The summed E-state index contributed by atoms with van der Waals surface area (Å²) in [4.78, 5) is 17.2. The van der Waals surface area contributed by atoms with Crippen LogP contribution in [-0.4, -0.2) is 63.3 Å². The van der Waals surface area contributed by atoms with E-state index in [9.17, 15) is 4.39 Å². The maximum Gasteiger partial charge on any atom is 0.326 e. The highest BCUT2D eigenvalue weighted by Gasteiger charge is 2.21. The van der Waals surface area contributed by atoms with Gasteiger partial charge in [0.1, 0.15) is 11.6 Å². The average Bonchev–Trinajstić information content (AvgIpc) is 3.64. The summed E-state index contributed by atoms with van der Waals surface area (Å²) in [5.74, 6) is 0.00293. The summed E-state index contributed by atoms with van der Waals surface area (Å²) in [5.41, 5.74) is 1.61. The van der Waals surface area contributed by atoms with Gasteiger partial charge in [0.2, 0.25) is 0 Å². The summed E-state index contributed by atoms with van der Waals surface area (Å²) in [6.07, 6.45) is 0. The first kappa shape index (κ1) is 23.4. The molecule has 1 aliphatic rings. The van der Waals surface area contributed by atoms with Crippen LogP contribution >= 0.6 is 11.3 Å². The summed E-state index contributed by atoms with van der Waals surface area (Å²) >= 11 is 1.60. The smallest absolute Gasteiger partial charge is 0.326 e. The zero-order valence-corrected chi connectivity index (χ0v) is 21.0. The number of thiophene rings is 1. The number of hydrogen-bond donors (Lipinski definition) is 3. The lowest BCUT2D eigenvalue weighted by molar-refractivity contribution is 0.311. The highest BCUT2D eigenvalue weighted by atomic mass is 32.1. The lowest BCUT2D eigenvalue weighted by atomic mass is 10.2. The lowest BCUT2D eigenvalue weighted by Gasteiger charge is -2.33. The highest BCUT2D eigenvalue weighted by molar-refractivity contribution is 7.13. The second kappa shape index (κ2) is 9.45. The first-order valence-electron chi connectivity index (χ1n) is 11.8. The molecule has 12 heteroatoms. The van der Waals surface area contributed by atoms with Crippen molar-refractivity contribution in [3.8, 4) is 22.3 Å². The fourth-order valence-electron chi connectivity index (χ4n) is 4.30. The van der Waals surface area contributed by atoms with Gasteiger partial charge in [-0.05, 0) is 31.5 Å². The van der Waals surface area contributed by atoms with Crippen LogP contribution < -0.4 is 15.0 Å². The second-order valence-electron chi connectivity index (χ2n) is 8.97. The first-order valence-corrected chi connectivity index (χ1v) is 12.6. The molecular formula is C25H24F2N8OS. The first-order chi connectivity index (χ1) is 17.9. The minimum atomic E-state index is -0.684. The van der Waals surface area contributed by atoms with Crippen molar-refractivity contribution >= 4 is 39.7 Å². The van der Waals surface area contributed by atoms with Gasteiger partial charge in [0, 0.05) is 55.5 Å². The third kappa shape index (κ3) is 4.72. The summed E-state index contributed by atoms with van der Waals surface area (Å²) in [7, 11) is 2.07. The Kier molecular flexibility index (Phi) is 5.97. The molecule has 1 aliphatic heterocycles. The summed E-state index contributed by atoms with van der Waals surface area (Å²) in [6, 6.07) is 10.1. The van der Waals surface area contributed by atoms with E-state index < -0.39 is 11.6 Å². The van der Waals surface area contributed by atoms with Gasteiger partial charge in [-0.2, -0.15) is 15.1 Å². The molecule has 1 saturated heterocycles. The number of hydrogen-bond acceptors (Lipinski definition) is 8. The van der Waals surface area contributed by atoms with Crippen LogP contribution in [0.2, 0.25) is 0 Å². The van der Waals surface area contributed by atoms with Gasteiger partial charge < -0.3 is 24.8 Å². The maximum absolute atomic E-state index is 15.2. The van der Waals surface area contributed by atoms with Crippen LogP contribution in [0, 0.1) is 18.6 Å². The fraction of sp³-hybridized carbons (Fsp3) is 0.240. The molecule has 4 aromatic heterocycles. The number of fused-ring (bicyclic) bond motifs is 1. The number of anilines is 3. The molecule has 0 radical (unpaired) electrons. The number of rotatable bonds is 6. The molecule has 0 aliphatic carbocycles. The van der Waals surface area contributed by atoms with Crippen LogP contribution in [0.4, 0.5) is 26.2 Å². The number of H-pyrrole nitrogens is 2. The molecule has 0 saturated carbocycles. The molecular weight excluding hydrogens is 498 g/mol. The van der Waals surface area contributed by atoms with Crippen molar-refractivity contribution in [1.29, 1.82) is 0 Å². The molecule has 37 heavy (non-hydrogen) atoms. The topological polar surface area (TPSA) is 98.0 Å². The highest BCUT2D eigenvalue weighted by Crippen LogP contribution is 2.33. The third-order valence-electron chi connectivity index (χ3n) is 6.24. The second-order valence-corrected chi connectivity index (χ2v) is 9.91. The van der Waals surface area contributed by atoms with Gasteiger partial charge in [0.25, 0.3) is 0 Å². The molecule has 3 N–H and O–H groups in total. The van der Waals surface area contributed by atoms with Crippen molar-refractivity contribution in [2.45, 2.75) is 6.92 Å². The van der Waals surface area contributed by atoms with Crippen molar-refractivity contribution in [2.75, 3.05) is 43.4 Å². The van der Waals surface area contributed by atoms with Gasteiger partial charge in [0.15, 0.2) is 23.2 Å². The number of nitrogens with zero attached hydrogens (tertiary/aromatic N) is 5. The van der Waals surface area contributed by atoms with Crippen molar-refractivity contribution in [3.63, 3.8) is 0 Å².